The predicted octanol–water partition coefficient (Wildman–Crippen LogP) is 5.12. The SMILES string of the molecule is CC(C)(F)c1ccc(Br)cn1.CC(C)(O)c1ccc(Br)cn1. The molecule has 6 heteroatoms. The van der Waals surface area contributed by atoms with Crippen LogP contribution in [0.4, 0.5) is 4.39 Å². The van der Waals surface area contributed by atoms with Gasteiger partial charge in [0.1, 0.15) is 11.3 Å². The third-order valence-electron chi connectivity index (χ3n) is 2.69. The molecule has 0 aliphatic rings. The van der Waals surface area contributed by atoms with Crippen molar-refractivity contribution in [2.75, 3.05) is 0 Å². The van der Waals surface area contributed by atoms with Gasteiger partial charge in [-0.2, -0.15) is 0 Å². The molecule has 0 fully saturated rings. The van der Waals surface area contributed by atoms with Gasteiger partial charge >= 0.3 is 0 Å². The zero-order valence-electron chi connectivity index (χ0n) is 12.9. The normalized spacial score (nSPS) is 11.6. The first kappa shape index (κ1) is 19.2. The summed E-state index contributed by atoms with van der Waals surface area (Å²) in [5.41, 5.74) is -1.05. The molecular formula is C16H19Br2FN2O. The standard InChI is InChI=1S/C8H9BrFN.C8H10BrNO/c1-8(2,10)7-4-3-6(9)5-11-7;1-8(2,11)7-4-3-6(9)5-10-7/h3-5H,1-2H3;3-5,11H,1-2H3. The van der Waals surface area contributed by atoms with Gasteiger partial charge < -0.3 is 5.11 Å². The molecular weight excluding hydrogens is 415 g/mol. The molecule has 22 heavy (non-hydrogen) atoms. The van der Waals surface area contributed by atoms with Crippen LogP contribution in [-0.4, -0.2) is 15.1 Å². The smallest absolute Gasteiger partial charge is 0.147 e. The van der Waals surface area contributed by atoms with Gasteiger partial charge in [-0.25, -0.2) is 4.39 Å². The molecule has 0 radical (unpaired) electrons. The van der Waals surface area contributed by atoms with E-state index in [4.69, 9.17) is 0 Å². The van der Waals surface area contributed by atoms with Crippen LogP contribution in [0.1, 0.15) is 39.1 Å². The van der Waals surface area contributed by atoms with E-state index in [9.17, 15) is 9.50 Å². The third kappa shape index (κ3) is 6.50. The van der Waals surface area contributed by atoms with Gasteiger partial charge in [-0.1, -0.05) is 0 Å². The van der Waals surface area contributed by atoms with Gasteiger partial charge in [0.25, 0.3) is 0 Å². The van der Waals surface area contributed by atoms with E-state index in [-0.39, 0.29) is 0 Å². The molecule has 0 amide bonds. The second kappa shape index (κ2) is 7.62. The van der Waals surface area contributed by atoms with Crippen molar-refractivity contribution in [3.8, 4) is 0 Å². The van der Waals surface area contributed by atoms with Gasteiger partial charge in [-0.05, 0) is 83.8 Å². The van der Waals surface area contributed by atoms with Gasteiger partial charge in [0, 0.05) is 21.3 Å². The molecule has 0 saturated heterocycles. The summed E-state index contributed by atoms with van der Waals surface area (Å²) in [6.07, 6.45) is 3.27. The molecule has 0 bridgehead atoms. The Kier molecular flexibility index (Phi) is 6.65. The van der Waals surface area contributed by atoms with Crippen LogP contribution >= 0.6 is 31.9 Å². The number of pyridine rings is 2. The van der Waals surface area contributed by atoms with Crippen molar-refractivity contribution in [3.05, 3.63) is 57.0 Å². The summed E-state index contributed by atoms with van der Waals surface area (Å²) in [6.45, 7) is 6.40. The number of aromatic nitrogens is 2. The topological polar surface area (TPSA) is 46.0 Å². The van der Waals surface area contributed by atoms with Crippen LogP contribution in [-0.2, 0) is 11.3 Å². The fourth-order valence-corrected chi connectivity index (χ4v) is 1.93. The summed E-state index contributed by atoms with van der Waals surface area (Å²) in [5, 5.41) is 9.50. The maximum atomic E-state index is 13.2. The van der Waals surface area contributed by atoms with E-state index in [0.29, 0.717) is 11.4 Å². The maximum absolute atomic E-state index is 13.2. The molecule has 2 heterocycles. The highest BCUT2D eigenvalue weighted by molar-refractivity contribution is 9.10. The number of hydrogen-bond donors (Lipinski definition) is 1. The highest BCUT2D eigenvalue weighted by Crippen LogP contribution is 2.23. The second-order valence-electron chi connectivity index (χ2n) is 5.75. The molecule has 1 N–H and O–H groups in total. The van der Waals surface area contributed by atoms with E-state index in [0.717, 1.165) is 8.95 Å². The molecule has 0 unspecified atom stereocenters. The minimum absolute atomic E-state index is 0.459. The maximum Gasteiger partial charge on any atom is 0.147 e. The zero-order valence-corrected chi connectivity index (χ0v) is 16.1. The Hall–Kier alpha value is -0.850. The lowest BCUT2D eigenvalue weighted by Gasteiger charge is -2.15. The highest BCUT2D eigenvalue weighted by atomic mass is 79.9. The van der Waals surface area contributed by atoms with Crippen molar-refractivity contribution < 1.29 is 9.50 Å². The van der Waals surface area contributed by atoms with Crippen molar-refractivity contribution in [2.24, 2.45) is 0 Å². The molecule has 0 aromatic carbocycles. The predicted molar refractivity (Wildman–Crippen MR) is 93.3 cm³/mol. The van der Waals surface area contributed by atoms with Gasteiger partial charge in [-0.3, -0.25) is 9.97 Å². The molecule has 120 valence electrons. The van der Waals surface area contributed by atoms with E-state index < -0.39 is 11.3 Å². The van der Waals surface area contributed by atoms with Gasteiger partial charge in [0.15, 0.2) is 0 Å². The summed E-state index contributed by atoms with van der Waals surface area (Å²) in [4.78, 5) is 7.98. The van der Waals surface area contributed by atoms with Crippen molar-refractivity contribution in [1.29, 1.82) is 0 Å². The minimum atomic E-state index is -1.35. The lowest BCUT2D eigenvalue weighted by Crippen LogP contribution is -2.16. The first-order valence-electron chi connectivity index (χ1n) is 6.65. The third-order valence-corrected chi connectivity index (χ3v) is 3.63. The van der Waals surface area contributed by atoms with Crippen LogP contribution in [0.25, 0.3) is 0 Å². The average molecular weight is 434 g/mol. The number of alkyl halides is 1. The lowest BCUT2D eigenvalue weighted by molar-refractivity contribution is 0.0738. The Bertz CT molecular complexity index is 532. The Morgan fingerprint density at radius 1 is 0.864 bits per heavy atom. The van der Waals surface area contributed by atoms with Crippen molar-refractivity contribution in [3.63, 3.8) is 0 Å². The Morgan fingerprint density at radius 2 is 1.27 bits per heavy atom. The summed E-state index contributed by atoms with van der Waals surface area (Å²) < 4.78 is 15.0. The van der Waals surface area contributed by atoms with E-state index in [1.807, 2.05) is 6.07 Å². The summed E-state index contributed by atoms with van der Waals surface area (Å²) in [7, 11) is 0. The summed E-state index contributed by atoms with van der Waals surface area (Å²) >= 11 is 6.50. The van der Waals surface area contributed by atoms with Crippen LogP contribution in [0, 0.1) is 0 Å². The van der Waals surface area contributed by atoms with Crippen molar-refractivity contribution in [2.45, 2.75) is 39.0 Å². The molecule has 0 aliphatic heterocycles. The number of halogens is 3. The Balaban J connectivity index is 0.000000220. The molecule has 2 aromatic heterocycles. The molecule has 0 saturated carbocycles. The van der Waals surface area contributed by atoms with Gasteiger partial charge in [0.05, 0.1) is 11.4 Å². The first-order valence-corrected chi connectivity index (χ1v) is 8.24. The molecule has 2 aromatic rings. The fourth-order valence-electron chi connectivity index (χ4n) is 1.47. The Labute approximate surface area is 147 Å². The fraction of sp³-hybridized carbons (Fsp3) is 0.375. The van der Waals surface area contributed by atoms with Crippen LogP contribution in [0.5, 0.6) is 0 Å². The second-order valence-corrected chi connectivity index (χ2v) is 7.59. The number of hydrogen-bond acceptors (Lipinski definition) is 3. The van der Waals surface area contributed by atoms with E-state index in [1.165, 1.54) is 13.8 Å². The van der Waals surface area contributed by atoms with Crippen LogP contribution in [0.3, 0.4) is 0 Å². The minimum Gasteiger partial charge on any atom is -0.384 e. The first-order chi connectivity index (χ1) is 10.00. The van der Waals surface area contributed by atoms with Crippen LogP contribution < -0.4 is 0 Å². The van der Waals surface area contributed by atoms with E-state index in [1.54, 1.807) is 44.4 Å². The number of rotatable bonds is 2. The molecule has 0 atom stereocenters. The summed E-state index contributed by atoms with van der Waals surface area (Å²) in [5.74, 6) is 0. The average Bonchev–Trinajstić information content (AvgIpc) is 2.38. The van der Waals surface area contributed by atoms with Crippen molar-refractivity contribution in [1.82, 2.24) is 9.97 Å². The monoisotopic (exact) mass is 432 g/mol. The molecule has 3 nitrogen and oxygen atoms in total. The van der Waals surface area contributed by atoms with Gasteiger partial charge in [0.2, 0.25) is 0 Å². The Morgan fingerprint density at radius 3 is 1.55 bits per heavy atom. The van der Waals surface area contributed by atoms with Gasteiger partial charge in [-0.15, -0.1) is 0 Å². The summed E-state index contributed by atoms with van der Waals surface area (Å²) in [6, 6.07) is 7.11. The molecule has 0 aliphatic carbocycles. The van der Waals surface area contributed by atoms with Crippen LogP contribution in [0.15, 0.2) is 45.6 Å². The van der Waals surface area contributed by atoms with E-state index in [2.05, 4.69) is 41.8 Å². The highest BCUT2D eigenvalue weighted by Gasteiger charge is 2.19. The largest absolute Gasteiger partial charge is 0.384 e. The quantitative estimate of drug-likeness (QED) is 0.714. The zero-order chi connectivity index (χ0) is 17.0. The number of nitrogens with zero attached hydrogens (tertiary/aromatic N) is 2. The van der Waals surface area contributed by atoms with Crippen molar-refractivity contribution >= 4 is 31.9 Å². The number of aliphatic hydroxyl groups is 1. The van der Waals surface area contributed by atoms with E-state index >= 15 is 0 Å². The molecule has 2 rings (SSSR count). The van der Waals surface area contributed by atoms with Crippen LogP contribution in [0.2, 0.25) is 0 Å². The lowest BCUT2D eigenvalue weighted by atomic mass is 10.1. The molecule has 0 spiro atoms.